The summed E-state index contributed by atoms with van der Waals surface area (Å²) in [6, 6.07) is 13.4. The van der Waals surface area contributed by atoms with E-state index in [4.69, 9.17) is 0 Å². The Morgan fingerprint density at radius 2 is 1.58 bits per heavy atom. The Bertz CT molecular complexity index is 776. The molecule has 0 spiro atoms. The molecule has 2 rings (SSSR count). The van der Waals surface area contributed by atoms with Crippen LogP contribution >= 0.6 is 0 Å². The molecule has 4 nitrogen and oxygen atoms in total. The summed E-state index contributed by atoms with van der Waals surface area (Å²) in [6.07, 6.45) is -4.43. The molecule has 2 amide bonds. The minimum Gasteiger partial charge on any atom is -0.340 e. The SMILES string of the molecule is CN(Cc1cccc(C(F)(F)F)c1)C(=O)CN(C)C(=O)c1ccccc1. The predicted molar refractivity (Wildman–Crippen MR) is 91.3 cm³/mol. The molecule has 0 unspecified atom stereocenters. The first-order valence-corrected chi connectivity index (χ1v) is 7.89. The van der Waals surface area contributed by atoms with Crippen LogP contribution in [0.15, 0.2) is 54.6 Å². The highest BCUT2D eigenvalue weighted by molar-refractivity contribution is 5.96. The fraction of sp³-hybridized carbons (Fsp3) is 0.263. The average molecular weight is 364 g/mol. The Kier molecular flexibility index (Phi) is 6.02. The van der Waals surface area contributed by atoms with Crippen LogP contribution in [0.1, 0.15) is 21.5 Å². The molecular weight excluding hydrogens is 345 g/mol. The van der Waals surface area contributed by atoms with Crippen LogP contribution in [0, 0.1) is 0 Å². The number of nitrogens with zero attached hydrogens (tertiary/aromatic N) is 2. The maximum Gasteiger partial charge on any atom is 0.416 e. The number of hydrogen-bond donors (Lipinski definition) is 0. The van der Waals surface area contributed by atoms with Crippen molar-refractivity contribution >= 4 is 11.8 Å². The minimum absolute atomic E-state index is 0.0239. The zero-order valence-electron chi connectivity index (χ0n) is 14.5. The number of halogens is 3. The van der Waals surface area contributed by atoms with Gasteiger partial charge >= 0.3 is 6.18 Å². The molecule has 0 aliphatic heterocycles. The summed E-state index contributed by atoms with van der Waals surface area (Å²) in [5.41, 5.74) is 0.0725. The third-order valence-corrected chi connectivity index (χ3v) is 3.84. The molecule has 7 heteroatoms. The molecule has 0 heterocycles. The van der Waals surface area contributed by atoms with Crippen LogP contribution in [-0.4, -0.2) is 42.3 Å². The lowest BCUT2D eigenvalue weighted by atomic mass is 10.1. The summed E-state index contributed by atoms with van der Waals surface area (Å²) in [7, 11) is 2.99. The van der Waals surface area contributed by atoms with Gasteiger partial charge in [-0.05, 0) is 29.8 Å². The molecule has 0 N–H and O–H groups in total. The average Bonchev–Trinajstić information content (AvgIpc) is 2.61. The van der Waals surface area contributed by atoms with E-state index in [2.05, 4.69) is 0 Å². The molecule has 26 heavy (non-hydrogen) atoms. The largest absolute Gasteiger partial charge is 0.416 e. The quantitative estimate of drug-likeness (QED) is 0.816. The second kappa shape index (κ2) is 8.03. The Balaban J connectivity index is 1.98. The third kappa shape index (κ3) is 5.08. The summed E-state index contributed by atoms with van der Waals surface area (Å²) in [4.78, 5) is 27.1. The van der Waals surface area contributed by atoms with Crippen molar-refractivity contribution in [3.63, 3.8) is 0 Å². The monoisotopic (exact) mass is 364 g/mol. The van der Waals surface area contributed by atoms with E-state index in [0.29, 0.717) is 11.1 Å². The van der Waals surface area contributed by atoms with Crippen molar-refractivity contribution in [2.45, 2.75) is 12.7 Å². The molecule has 2 aromatic rings. The Labute approximate surface area is 149 Å². The van der Waals surface area contributed by atoms with E-state index >= 15 is 0 Å². The topological polar surface area (TPSA) is 40.6 Å². The maximum absolute atomic E-state index is 12.8. The molecule has 0 bridgehead atoms. The number of rotatable bonds is 5. The first-order chi connectivity index (χ1) is 12.2. The zero-order chi connectivity index (χ0) is 19.3. The molecule has 0 atom stereocenters. The molecule has 0 aromatic heterocycles. The number of hydrogen-bond acceptors (Lipinski definition) is 2. The van der Waals surface area contributed by atoms with Gasteiger partial charge in [-0.25, -0.2) is 0 Å². The van der Waals surface area contributed by atoms with E-state index in [-0.39, 0.29) is 24.9 Å². The number of carbonyl (C=O) groups excluding carboxylic acids is 2. The van der Waals surface area contributed by atoms with Crippen molar-refractivity contribution in [1.82, 2.24) is 9.80 Å². The van der Waals surface area contributed by atoms with E-state index in [1.807, 2.05) is 0 Å². The van der Waals surface area contributed by atoms with E-state index in [1.54, 1.807) is 30.3 Å². The predicted octanol–water partition coefficient (Wildman–Crippen LogP) is 3.44. The zero-order valence-corrected chi connectivity index (χ0v) is 14.5. The smallest absolute Gasteiger partial charge is 0.340 e. The van der Waals surface area contributed by atoms with Crippen molar-refractivity contribution in [3.8, 4) is 0 Å². The van der Waals surface area contributed by atoms with E-state index in [9.17, 15) is 22.8 Å². The van der Waals surface area contributed by atoms with Gasteiger partial charge in [0, 0.05) is 26.2 Å². The lowest BCUT2D eigenvalue weighted by Crippen LogP contribution is -2.39. The molecule has 0 saturated carbocycles. The molecular formula is C19H19F3N2O2. The van der Waals surface area contributed by atoms with Crippen LogP contribution in [0.25, 0.3) is 0 Å². The molecule has 2 aromatic carbocycles. The fourth-order valence-corrected chi connectivity index (χ4v) is 2.40. The van der Waals surface area contributed by atoms with Crippen LogP contribution in [0.4, 0.5) is 13.2 Å². The van der Waals surface area contributed by atoms with Crippen molar-refractivity contribution in [2.75, 3.05) is 20.6 Å². The van der Waals surface area contributed by atoms with Gasteiger partial charge in [0.1, 0.15) is 0 Å². The first kappa shape index (κ1) is 19.5. The summed E-state index contributed by atoms with van der Waals surface area (Å²) in [5, 5.41) is 0. The Morgan fingerprint density at radius 1 is 0.923 bits per heavy atom. The van der Waals surface area contributed by atoms with Gasteiger partial charge in [0.05, 0.1) is 12.1 Å². The number of benzene rings is 2. The van der Waals surface area contributed by atoms with Gasteiger partial charge in [-0.2, -0.15) is 13.2 Å². The van der Waals surface area contributed by atoms with Gasteiger partial charge in [-0.3, -0.25) is 9.59 Å². The second-order valence-electron chi connectivity index (χ2n) is 5.98. The van der Waals surface area contributed by atoms with Crippen LogP contribution in [0.2, 0.25) is 0 Å². The molecule has 0 fully saturated rings. The van der Waals surface area contributed by atoms with E-state index in [1.165, 1.54) is 36.0 Å². The van der Waals surface area contributed by atoms with Crippen LogP contribution < -0.4 is 0 Å². The first-order valence-electron chi connectivity index (χ1n) is 7.89. The third-order valence-electron chi connectivity index (χ3n) is 3.84. The standard InChI is InChI=1S/C19H19F3N2O2/c1-23(12-14-7-6-10-16(11-14)19(20,21)22)17(25)13-24(2)18(26)15-8-4-3-5-9-15/h3-11H,12-13H2,1-2H3. The summed E-state index contributed by atoms with van der Waals surface area (Å²) >= 11 is 0. The second-order valence-corrected chi connectivity index (χ2v) is 5.98. The van der Waals surface area contributed by atoms with Gasteiger partial charge in [0.15, 0.2) is 0 Å². The lowest BCUT2D eigenvalue weighted by molar-refractivity contribution is -0.137. The highest BCUT2D eigenvalue weighted by Crippen LogP contribution is 2.29. The van der Waals surface area contributed by atoms with E-state index < -0.39 is 11.7 Å². The fourth-order valence-electron chi connectivity index (χ4n) is 2.40. The van der Waals surface area contributed by atoms with Gasteiger partial charge < -0.3 is 9.80 Å². The van der Waals surface area contributed by atoms with E-state index in [0.717, 1.165) is 12.1 Å². The molecule has 0 aliphatic rings. The van der Waals surface area contributed by atoms with Gasteiger partial charge in [-0.1, -0.05) is 30.3 Å². The number of carbonyl (C=O) groups is 2. The maximum atomic E-state index is 12.8. The van der Waals surface area contributed by atoms with Crippen molar-refractivity contribution in [1.29, 1.82) is 0 Å². The summed E-state index contributed by atoms with van der Waals surface area (Å²) in [6.45, 7) is -0.140. The summed E-state index contributed by atoms with van der Waals surface area (Å²) in [5.74, 6) is -0.666. The Hall–Kier alpha value is -2.83. The molecule has 0 aliphatic carbocycles. The molecule has 138 valence electrons. The highest BCUT2D eigenvalue weighted by atomic mass is 19.4. The van der Waals surface area contributed by atoms with Crippen LogP contribution in [0.3, 0.4) is 0 Å². The van der Waals surface area contributed by atoms with Gasteiger partial charge in [0.25, 0.3) is 5.91 Å². The Morgan fingerprint density at radius 3 is 2.19 bits per heavy atom. The number of amides is 2. The lowest BCUT2D eigenvalue weighted by Gasteiger charge is -2.22. The van der Waals surface area contributed by atoms with Crippen LogP contribution in [-0.2, 0) is 17.5 Å². The highest BCUT2D eigenvalue weighted by Gasteiger charge is 2.30. The van der Waals surface area contributed by atoms with Crippen LogP contribution in [0.5, 0.6) is 0 Å². The minimum atomic E-state index is -4.43. The van der Waals surface area contributed by atoms with Crippen molar-refractivity contribution in [3.05, 3.63) is 71.3 Å². The van der Waals surface area contributed by atoms with Gasteiger partial charge in [-0.15, -0.1) is 0 Å². The molecule has 0 saturated heterocycles. The van der Waals surface area contributed by atoms with Gasteiger partial charge in [0.2, 0.25) is 5.91 Å². The van der Waals surface area contributed by atoms with Crippen molar-refractivity contribution < 1.29 is 22.8 Å². The number of likely N-dealkylation sites (N-methyl/N-ethyl adjacent to an activating group) is 2. The van der Waals surface area contributed by atoms with Crippen molar-refractivity contribution in [2.24, 2.45) is 0 Å². The normalized spacial score (nSPS) is 11.1. The summed E-state index contributed by atoms with van der Waals surface area (Å²) < 4.78 is 38.3. The molecule has 0 radical (unpaired) electrons. The number of alkyl halides is 3.